The number of aromatic hydroxyl groups is 2. The normalized spacial score (nSPS) is 11.4. The fraction of sp³-hybridized carbons (Fsp3) is 0. The van der Waals surface area contributed by atoms with Crippen LogP contribution in [-0.4, -0.2) is 20.2 Å². The van der Waals surface area contributed by atoms with Crippen molar-refractivity contribution in [2.45, 2.75) is 0 Å². The molecule has 0 fully saturated rings. The maximum absolute atomic E-state index is 9.85. The Kier molecular flexibility index (Phi) is 1.16. The first-order chi connectivity index (χ1) is 6.79. The summed E-state index contributed by atoms with van der Waals surface area (Å²) in [4.78, 5) is 5.77. The average Bonchev–Trinajstić information content (AvgIpc) is 2.82. The standard InChI is InChI=1S/C10H8N2O2/c13-9-5-1-3-11-7(5)10(14)6-2-4-12-8(6)9/h1-4,11-14H. The van der Waals surface area contributed by atoms with Gasteiger partial charge in [-0.15, -0.1) is 0 Å². The van der Waals surface area contributed by atoms with Crippen LogP contribution in [0.25, 0.3) is 21.8 Å². The topological polar surface area (TPSA) is 72.0 Å². The Morgan fingerprint density at radius 2 is 1.21 bits per heavy atom. The first kappa shape index (κ1) is 7.32. The third-order valence-electron chi connectivity index (χ3n) is 2.48. The molecule has 0 aliphatic rings. The van der Waals surface area contributed by atoms with Crippen molar-refractivity contribution in [2.75, 3.05) is 0 Å². The molecule has 0 saturated carbocycles. The van der Waals surface area contributed by atoms with Crippen molar-refractivity contribution in [1.29, 1.82) is 0 Å². The minimum atomic E-state index is 0.166. The number of phenolic OH excluding ortho intramolecular Hbond substituents is 2. The number of hydrogen-bond acceptors (Lipinski definition) is 2. The van der Waals surface area contributed by atoms with E-state index in [1.54, 1.807) is 24.5 Å². The molecule has 0 bridgehead atoms. The van der Waals surface area contributed by atoms with E-state index >= 15 is 0 Å². The molecule has 4 N–H and O–H groups in total. The van der Waals surface area contributed by atoms with Crippen molar-refractivity contribution in [1.82, 2.24) is 9.97 Å². The van der Waals surface area contributed by atoms with Crippen molar-refractivity contribution in [3.05, 3.63) is 24.5 Å². The molecule has 14 heavy (non-hydrogen) atoms. The minimum Gasteiger partial charge on any atom is -0.505 e. The Hall–Kier alpha value is -2.10. The molecule has 70 valence electrons. The highest BCUT2D eigenvalue weighted by molar-refractivity contribution is 6.07. The van der Waals surface area contributed by atoms with E-state index in [-0.39, 0.29) is 11.5 Å². The molecular formula is C10H8N2O2. The van der Waals surface area contributed by atoms with E-state index in [9.17, 15) is 10.2 Å². The Bertz CT molecular complexity index is 519. The van der Waals surface area contributed by atoms with Crippen molar-refractivity contribution < 1.29 is 10.2 Å². The highest BCUT2D eigenvalue weighted by Crippen LogP contribution is 2.39. The lowest BCUT2D eigenvalue weighted by atomic mass is 10.1. The van der Waals surface area contributed by atoms with E-state index in [0.717, 1.165) is 0 Å². The molecule has 2 aromatic heterocycles. The van der Waals surface area contributed by atoms with Gasteiger partial charge in [0.1, 0.15) is 11.5 Å². The van der Waals surface area contributed by atoms with Gasteiger partial charge in [0, 0.05) is 23.2 Å². The maximum Gasteiger partial charge on any atom is 0.149 e. The number of benzene rings is 1. The molecule has 0 radical (unpaired) electrons. The van der Waals surface area contributed by atoms with Crippen molar-refractivity contribution in [3.63, 3.8) is 0 Å². The van der Waals surface area contributed by atoms with Crippen LogP contribution in [0.3, 0.4) is 0 Å². The quantitative estimate of drug-likeness (QED) is 0.408. The molecule has 0 unspecified atom stereocenters. The fourth-order valence-corrected chi connectivity index (χ4v) is 1.79. The molecule has 3 aromatic rings. The zero-order chi connectivity index (χ0) is 9.71. The molecule has 0 spiro atoms. The number of aromatic amines is 2. The van der Waals surface area contributed by atoms with Gasteiger partial charge in [-0.1, -0.05) is 0 Å². The third-order valence-corrected chi connectivity index (χ3v) is 2.48. The van der Waals surface area contributed by atoms with E-state index < -0.39 is 0 Å². The summed E-state index contributed by atoms with van der Waals surface area (Å²) in [6, 6.07) is 3.45. The number of H-pyrrole nitrogens is 2. The summed E-state index contributed by atoms with van der Waals surface area (Å²) in [5.41, 5.74) is 1.13. The van der Waals surface area contributed by atoms with Crippen LogP contribution in [0.4, 0.5) is 0 Å². The van der Waals surface area contributed by atoms with Crippen LogP contribution in [-0.2, 0) is 0 Å². The largest absolute Gasteiger partial charge is 0.505 e. The van der Waals surface area contributed by atoms with E-state index in [0.29, 0.717) is 21.8 Å². The van der Waals surface area contributed by atoms with Gasteiger partial charge in [0.25, 0.3) is 0 Å². The first-order valence-electron chi connectivity index (χ1n) is 4.27. The van der Waals surface area contributed by atoms with Crippen LogP contribution < -0.4 is 0 Å². The lowest BCUT2D eigenvalue weighted by Crippen LogP contribution is -1.76. The van der Waals surface area contributed by atoms with Crippen LogP contribution in [0.2, 0.25) is 0 Å². The van der Waals surface area contributed by atoms with Gasteiger partial charge in [-0.2, -0.15) is 0 Å². The fourth-order valence-electron chi connectivity index (χ4n) is 1.79. The van der Waals surface area contributed by atoms with Crippen LogP contribution >= 0.6 is 0 Å². The number of phenols is 2. The summed E-state index contributed by atoms with van der Waals surface area (Å²) in [7, 11) is 0. The monoisotopic (exact) mass is 188 g/mol. The van der Waals surface area contributed by atoms with Crippen molar-refractivity contribution >= 4 is 21.8 Å². The summed E-state index contributed by atoms with van der Waals surface area (Å²) in [5.74, 6) is 0.332. The lowest BCUT2D eigenvalue weighted by molar-refractivity contribution is 0.477. The predicted molar refractivity (Wildman–Crippen MR) is 53.5 cm³/mol. The number of nitrogens with one attached hydrogen (secondary N) is 2. The predicted octanol–water partition coefficient (Wildman–Crippen LogP) is 2.06. The summed E-state index contributed by atoms with van der Waals surface area (Å²) < 4.78 is 0. The molecule has 0 atom stereocenters. The SMILES string of the molecule is Oc1c2cc[nH]c2c(O)c2cc[nH]c12. The molecule has 4 nitrogen and oxygen atoms in total. The van der Waals surface area contributed by atoms with E-state index in [1.165, 1.54) is 0 Å². The van der Waals surface area contributed by atoms with E-state index in [1.807, 2.05) is 0 Å². The van der Waals surface area contributed by atoms with E-state index in [2.05, 4.69) is 9.97 Å². The van der Waals surface area contributed by atoms with Gasteiger partial charge < -0.3 is 20.2 Å². The van der Waals surface area contributed by atoms with Gasteiger partial charge in [0.05, 0.1) is 11.0 Å². The van der Waals surface area contributed by atoms with E-state index in [4.69, 9.17) is 0 Å². The van der Waals surface area contributed by atoms with Crippen LogP contribution in [0.15, 0.2) is 24.5 Å². The molecule has 0 aliphatic heterocycles. The second kappa shape index (κ2) is 2.23. The molecule has 2 heterocycles. The lowest BCUT2D eigenvalue weighted by Gasteiger charge is -2.01. The van der Waals surface area contributed by atoms with Gasteiger partial charge in [0.15, 0.2) is 0 Å². The summed E-state index contributed by atoms with van der Waals surface area (Å²) in [6.45, 7) is 0. The molecule has 4 heteroatoms. The molecular weight excluding hydrogens is 180 g/mol. The van der Waals surface area contributed by atoms with Gasteiger partial charge in [-0.3, -0.25) is 0 Å². The first-order valence-corrected chi connectivity index (χ1v) is 4.27. The summed E-state index contributed by atoms with van der Waals surface area (Å²) in [6.07, 6.45) is 3.37. The zero-order valence-electron chi connectivity index (χ0n) is 7.20. The molecule has 0 saturated heterocycles. The molecule has 0 amide bonds. The average molecular weight is 188 g/mol. The maximum atomic E-state index is 9.85. The number of fused-ring (bicyclic) bond motifs is 2. The Morgan fingerprint density at radius 3 is 1.64 bits per heavy atom. The minimum absolute atomic E-state index is 0.166. The number of aromatic nitrogens is 2. The molecule has 0 aliphatic carbocycles. The smallest absolute Gasteiger partial charge is 0.149 e. The molecule has 3 rings (SSSR count). The highest BCUT2D eigenvalue weighted by Gasteiger charge is 2.13. The highest BCUT2D eigenvalue weighted by atomic mass is 16.3. The van der Waals surface area contributed by atoms with Gasteiger partial charge in [0.2, 0.25) is 0 Å². The summed E-state index contributed by atoms with van der Waals surface area (Å²) >= 11 is 0. The van der Waals surface area contributed by atoms with Crippen LogP contribution in [0.5, 0.6) is 11.5 Å². The molecule has 1 aromatic carbocycles. The van der Waals surface area contributed by atoms with Crippen LogP contribution in [0.1, 0.15) is 0 Å². The van der Waals surface area contributed by atoms with Crippen LogP contribution in [0, 0.1) is 0 Å². The summed E-state index contributed by atoms with van der Waals surface area (Å²) in [5, 5.41) is 20.9. The Labute approximate surface area is 78.8 Å². The van der Waals surface area contributed by atoms with Crippen molar-refractivity contribution in [3.8, 4) is 11.5 Å². The Morgan fingerprint density at radius 1 is 0.786 bits per heavy atom. The number of rotatable bonds is 0. The van der Waals surface area contributed by atoms with Crippen molar-refractivity contribution in [2.24, 2.45) is 0 Å². The van der Waals surface area contributed by atoms with Gasteiger partial charge in [-0.05, 0) is 12.1 Å². The second-order valence-corrected chi connectivity index (χ2v) is 3.23. The third kappa shape index (κ3) is 0.682. The zero-order valence-corrected chi connectivity index (χ0v) is 7.20. The second-order valence-electron chi connectivity index (χ2n) is 3.23. The number of hydrogen-bond donors (Lipinski definition) is 4. The Balaban J connectivity index is 2.72. The van der Waals surface area contributed by atoms with Gasteiger partial charge >= 0.3 is 0 Å². The van der Waals surface area contributed by atoms with Gasteiger partial charge in [-0.25, -0.2) is 0 Å².